The number of likely N-dealkylation sites (tertiary alicyclic amines) is 1. The molecular weight excluding hydrogens is 296 g/mol. The Kier molecular flexibility index (Phi) is 5.76. The molecule has 1 saturated heterocycles. The van der Waals surface area contributed by atoms with Crippen LogP contribution in [0.15, 0.2) is 4.52 Å². The zero-order valence-corrected chi connectivity index (χ0v) is 14.3. The Labute approximate surface area is 136 Å². The summed E-state index contributed by atoms with van der Waals surface area (Å²) in [7, 11) is 0. The van der Waals surface area contributed by atoms with Crippen LogP contribution in [0.25, 0.3) is 0 Å². The smallest absolute Gasteiger partial charge is 0.313 e. The maximum absolute atomic E-state index is 12.0. The van der Waals surface area contributed by atoms with Gasteiger partial charge in [-0.1, -0.05) is 19.0 Å². The van der Waals surface area contributed by atoms with E-state index in [1.807, 2.05) is 0 Å². The van der Waals surface area contributed by atoms with Gasteiger partial charge in [0.05, 0.1) is 0 Å². The Morgan fingerprint density at radius 1 is 1.22 bits per heavy atom. The van der Waals surface area contributed by atoms with Gasteiger partial charge in [0.25, 0.3) is 0 Å². The van der Waals surface area contributed by atoms with Crippen molar-refractivity contribution in [2.45, 2.75) is 46.6 Å². The van der Waals surface area contributed by atoms with Crippen LogP contribution in [-0.4, -0.2) is 47.5 Å². The summed E-state index contributed by atoms with van der Waals surface area (Å²) in [6.07, 6.45) is 2.40. The van der Waals surface area contributed by atoms with Crippen molar-refractivity contribution in [1.82, 2.24) is 15.4 Å². The molecule has 0 bridgehead atoms. The molecular formula is C16H26N4O3. The quantitative estimate of drug-likeness (QED) is 0.802. The van der Waals surface area contributed by atoms with Crippen molar-refractivity contribution in [3.63, 3.8) is 0 Å². The average Bonchev–Trinajstić information content (AvgIpc) is 3.12. The largest absolute Gasteiger partial charge is 0.359 e. The highest BCUT2D eigenvalue weighted by Crippen LogP contribution is 2.19. The highest BCUT2D eigenvalue weighted by atomic mass is 16.5. The summed E-state index contributed by atoms with van der Waals surface area (Å²) < 4.78 is 4.97. The van der Waals surface area contributed by atoms with Crippen LogP contribution in [0.4, 0.5) is 5.69 Å². The number of carbonyl (C=O) groups is 2. The van der Waals surface area contributed by atoms with Gasteiger partial charge in [0.2, 0.25) is 0 Å². The third kappa shape index (κ3) is 4.31. The topological polar surface area (TPSA) is 87.5 Å². The van der Waals surface area contributed by atoms with Crippen molar-refractivity contribution >= 4 is 17.5 Å². The molecule has 0 aromatic carbocycles. The van der Waals surface area contributed by atoms with E-state index in [9.17, 15) is 9.59 Å². The molecule has 0 unspecified atom stereocenters. The van der Waals surface area contributed by atoms with Gasteiger partial charge >= 0.3 is 11.8 Å². The van der Waals surface area contributed by atoms with E-state index < -0.39 is 11.8 Å². The summed E-state index contributed by atoms with van der Waals surface area (Å²) in [4.78, 5) is 26.4. The Morgan fingerprint density at radius 2 is 1.87 bits per heavy atom. The van der Waals surface area contributed by atoms with Crippen molar-refractivity contribution in [2.75, 3.05) is 25.0 Å². The molecule has 1 aromatic heterocycles. The number of amides is 2. The molecule has 0 spiro atoms. The summed E-state index contributed by atoms with van der Waals surface area (Å²) in [6, 6.07) is 0.258. The Hall–Kier alpha value is -1.89. The first kappa shape index (κ1) is 17.5. The number of carbonyl (C=O) groups excluding carboxylic acids is 2. The first-order chi connectivity index (χ1) is 10.9. The van der Waals surface area contributed by atoms with E-state index in [-0.39, 0.29) is 6.04 Å². The minimum Gasteiger partial charge on any atom is -0.359 e. The number of nitrogens with zero attached hydrogens (tertiary/aromatic N) is 2. The lowest BCUT2D eigenvalue weighted by molar-refractivity contribution is -0.136. The second-order valence-electron chi connectivity index (χ2n) is 6.42. The number of hydrogen-bond acceptors (Lipinski definition) is 5. The molecule has 1 fully saturated rings. The second-order valence-corrected chi connectivity index (χ2v) is 6.42. The van der Waals surface area contributed by atoms with Crippen molar-refractivity contribution in [1.29, 1.82) is 0 Å². The molecule has 1 aliphatic rings. The summed E-state index contributed by atoms with van der Waals surface area (Å²) in [5, 5.41) is 9.06. The van der Waals surface area contributed by atoms with Gasteiger partial charge in [0, 0.05) is 12.6 Å². The zero-order valence-electron chi connectivity index (χ0n) is 14.3. The van der Waals surface area contributed by atoms with Crippen LogP contribution >= 0.6 is 0 Å². The molecule has 0 radical (unpaired) electrons. The van der Waals surface area contributed by atoms with Gasteiger partial charge < -0.3 is 15.2 Å². The SMILES string of the molecule is Cc1noc(C)c1NC(=O)C(=O)NC[C@@H](C(C)C)N1CCCC1. The minimum absolute atomic E-state index is 0.258. The fourth-order valence-electron chi connectivity index (χ4n) is 2.97. The monoisotopic (exact) mass is 322 g/mol. The van der Waals surface area contributed by atoms with Gasteiger partial charge in [0.1, 0.15) is 11.4 Å². The van der Waals surface area contributed by atoms with E-state index in [0.717, 1.165) is 13.1 Å². The maximum atomic E-state index is 12.0. The van der Waals surface area contributed by atoms with Crippen molar-refractivity contribution in [2.24, 2.45) is 5.92 Å². The summed E-state index contributed by atoms with van der Waals surface area (Å²) in [5.74, 6) is -0.419. The van der Waals surface area contributed by atoms with Gasteiger partial charge in [0.15, 0.2) is 5.76 Å². The lowest BCUT2D eigenvalue weighted by Gasteiger charge is -2.30. The van der Waals surface area contributed by atoms with Crippen LogP contribution in [-0.2, 0) is 9.59 Å². The van der Waals surface area contributed by atoms with E-state index in [1.165, 1.54) is 12.8 Å². The van der Waals surface area contributed by atoms with E-state index in [1.54, 1.807) is 13.8 Å². The maximum Gasteiger partial charge on any atom is 0.313 e. The molecule has 128 valence electrons. The van der Waals surface area contributed by atoms with Crippen LogP contribution < -0.4 is 10.6 Å². The van der Waals surface area contributed by atoms with Gasteiger partial charge in [-0.2, -0.15) is 0 Å². The predicted octanol–water partition coefficient (Wildman–Crippen LogP) is 1.47. The summed E-state index contributed by atoms with van der Waals surface area (Å²) in [6.45, 7) is 10.3. The van der Waals surface area contributed by atoms with Crippen LogP contribution in [0.2, 0.25) is 0 Å². The van der Waals surface area contributed by atoms with Crippen molar-refractivity contribution < 1.29 is 14.1 Å². The first-order valence-electron chi connectivity index (χ1n) is 8.16. The average molecular weight is 322 g/mol. The van der Waals surface area contributed by atoms with E-state index >= 15 is 0 Å². The lowest BCUT2D eigenvalue weighted by atomic mass is 10.0. The molecule has 7 nitrogen and oxygen atoms in total. The number of rotatable bonds is 5. The first-order valence-corrected chi connectivity index (χ1v) is 8.16. The van der Waals surface area contributed by atoms with Gasteiger partial charge in [-0.3, -0.25) is 14.5 Å². The predicted molar refractivity (Wildman–Crippen MR) is 87.0 cm³/mol. The zero-order chi connectivity index (χ0) is 17.0. The number of hydrogen-bond donors (Lipinski definition) is 2. The Balaban J connectivity index is 1.89. The van der Waals surface area contributed by atoms with E-state index in [0.29, 0.717) is 29.6 Å². The van der Waals surface area contributed by atoms with Gasteiger partial charge in [-0.15, -0.1) is 0 Å². The molecule has 1 aliphatic heterocycles. The molecule has 0 aliphatic carbocycles. The number of aromatic nitrogens is 1. The molecule has 2 amide bonds. The molecule has 2 N–H and O–H groups in total. The summed E-state index contributed by atoms with van der Waals surface area (Å²) >= 11 is 0. The molecule has 1 aromatic rings. The third-order valence-corrected chi connectivity index (χ3v) is 4.33. The van der Waals surface area contributed by atoms with Crippen LogP contribution in [0, 0.1) is 19.8 Å². The number of nitrogens with one attached hydrogen (secondary N) is 2. The second kappa shape index (κ2) is 7.59. The highest BCUT2D eigenvalue weighted by molar-refractivity contribution is 6.39. The van der Waals surface area contributed by atoms with Gasteiger partial charge in [-0.25, -0.2) is 0 Å². The lowest BCUT2D eigenvalue weighted by Crippen LogP contribution is -2.47. The highest BCUT2D eigenvalue weighted by Gasteiger charge is 2.26. The summed E-state index contributed by atoms with van der Waals surface area (Å²) in [5.41, 5.74) is 1.02. The normalized spacial score (nSPS) is 16.6. The molecule has 23 heavy (non-hydrogen) atoms. The molecule has 2 heterocycles. The number of anilines is 1. The van der Waals surface area contributed by atoms with Crippen molar-refractivity contribution in [3.05, 3.63) is 11.5 Å². The fraction of sp³-hybridized carbons (Fsp3) is 0.688. The number of aryl methyl sites for hydroxylation is 2. The standard InChI is InChI=1S/C16H26N4O3/c1-10(2)13(20-7-5-6-8-20)9-17-15(21)16(22)18-14-11(3)19-23-12(14)4/h10,13H,5-9H2,1-4H3,(H,17,21)(H,18,22)/t13-/m0/s1. The van der Waals surface area contributed by atoms with E-state index in [2.05, 4.69) is 34.5 Å². The van der Waals surface area contributed by atoms with E-state index in [4.69, 9.17) is 4.52 Å². The van der Waals surface area contributed by atoms with Crippen LogP contribution in [0.5, 0.6) is 0 Å². The molecule has 0 saturated carbocycles. The van der Waals surface area contributed by atoms with Crippen molar-refractivity contribution in [3.8, 4) is 0 Å². The third-order valence-electron chi connectivity index (χ3n) is 4.33. The Morgan fingerprint density at radius 3 is 2.39 bits per heavy atom. The fourth-order valence-corrected chi connectivity index (χ4v) is 2.97. The van der Waals surface area contributed by atoms with Gasteiger partial charge in [-0.05, 0) is 45.7 Å². The van der Waals surface area contributed by atoms with Crippen LogP contribution in [0.3, 0.4) is 0 Å². The molecule has 2 rings (SSSR count). The Bertz CT molecular complexity index is 542. The molecule has 1 atom stereocenters. The van der Waals surface area contributed by atoms with Crippen LogP contribution in [0.1, 0.15) is 38.1 Å². The molecule has 7 heteroatoms. The minimum atomic E-state index is -0.691.